The van der Waals surface area contributed by atoms with Crippen molar-refractivity contribution in [2.45, 2.75) is 13.8 Å². The van der Waals surface area contributed by atoms with Gasteiger partial charge in [-0.3, -0.25) is 4.79 Å². The third-order valence-corrected chi connectivity index (χ3v) is 1.31. The van der Waals surface area contributed by atoms with Gasteiger partial charge in [0.2, 0.25) is 5.91 Å². The molecule has 0 aromatic rings. The van der Waals surface area contributed by atoms with Crippen molar-refractivity contribution in [2.24, 2.45) is 5.92 Å². The molecule has 0 saturated carbocycles. The number of hydrogen-bond acceptors (Lipinski definition) is 2. The van der Waals surface area contributed by atoms with Crippen molar-refractivity contribution in [1.29, 1.82) is 0 Å². The Bertz CT molecular complexity index is 154. The summed E-state index contributed by atoms with van der Waals surface area (Å²) >= 11 is 0. The molecule has 0 bridgehead atoms. The molecule has 64 valence electrons. The number of aliphatic hydroxyl groups is 1. The van der Waals surface area contributed by atoms with E-state index in [2.05, 4.69) is 11.9 Å². The van der Waals surface area contributed by atoms with Crippen LogP contribution < -0.4 is 5.32 Å². The molecule has 0 saturated heterocycles. The van der Waals surface area contributed by atoms with E-state index in [1.54, 1.807) is 6.92 Å². The molecule has 3 nitrogen and oxygen atoms in total. The number of amides is 1. The van der Waals surface area contributed by atoms with Crippen LogP contribution in [0.15, 0.2) is 12.2 Å². The maximum atomic E-state index is 10.9. The highest BCUT2D eigenvalue weighted by Gasteiger charge is 2.03. The minimum Gasteiger partial charge on any atom is -0.396 e. The van der Waals surface area contributed by atoms with E-state index >= 15 is 0 Å². The molecule has 0 rings (SSSR count). The predicted octanol–water partition coefficient (Wildman–Crippen LogP) is 0.307. The van der Waals surface area contributed by atoms with E-state index in [1.165, 1.54) is 0 Å². The standard InChI is InChI=1S/C8H15NO2/c1-6(2)8(11)9-4-7(3)5-10/h7,10H,1,4-5H2,2-3H3,(H,9,11). The monoisotopic (exact) mass is 157 g/mol. The van der Waals surface area contributed by atoms with Crippen molar-refractivity contribution in [2.75, 3.05) is 13.2 Å². The maximum Gasteiger partial charge on any atom is 0.246 e. The molecular formula is C8H15NO2. The van der Waals surface area contributed by atoms with Gasteiger partial charge in [-0.1, -0.05) is 13.5 Å². The van der Waals surface area contributed by atoms with E-state index in [0.29, 0.717) is 12.1 Å². The fraction of sp³-hybridized carbons (Fsp3) is 0.625. The van der Waals surface area contributed by atoms with E-state index in [9.17, 15) is 4.79 Å². The minimum absolute atomic E-state index is 0.0937. The second kappa shape index (κ2) is 4.91. The summed E-state index contributed by atoms with van der Waals surface area (Å²) in [6.07, 6.45) is 0. The van der Waals surface area contributed by atoms with Gasteiger partial charge in [0.05, 0.1) is 0 Å². The Hall–Kier alpha value is -0.830. The quantitative estimate of drug-likeness (QED) is 0.577. The molecule has 1 atom stereocenters. The summed E-state index contributed by atoms with van der Waals surface area (Å²) in [6.45, 7) is 7.59. The number of nitrogens with one attached hydrogen (secondary N) is 1. The predicted molar refractivity (Wildman–Crippen MR) is 44.1 cm³/mol. The fourth-order valence-electron chi connectivity index (χ4n) is 0.482. The zero-order chi connectivity index (χ0) is 8.85. The first-order valence-electron chi connectivity index (χ1n) is 3.62. The summed E-state index contributed by atoms with van der Waals surface area (Å²) in [6, 6.07) is 0. The summed E-state index contributed by atoms with van der Waals surface area (Å²) in [4.78, 5) is 10.9. The lowest BCUT2D eigenvalue weighted by molar-refractivity contribution is -0.117. The number of carbonyl (C=O) groups excluding carboxylic acids is 1. The van der Waals surface area contributed by atoms with Crippen LogP contribution in [0.1, 0.15) is 13.8 Å². The number of hydrogen-bond donors (Lipinski definition) is 2. The van der Waals surface area contributed by atoms with Crippen LogP contribution in [0.2, 0.25) is 0 Å². The summed E-state index contributed by atoms with van der Waals surface area (Å²) < 4.78 is 0. The van der Waals surface area contributed by atoms with Crippen LogP contribution in [0.3, 0.4) is 0 Å². The summed E-state index contributed by atoms with van der Waals surface area (Å²) in [5.41, 5.74) is 0.495. The van der Waals surface area contributed by atoms with Gasteiger partial charge in [0, 0.05) is 18.7 Å². The summed E-state index contributed by atoms with van der Waals surface area (Å²) in [5, 5.41) is 11.2. The first-order valence-corrected chi connectivity index (χ1v) is 3.62. The largest absolute Gasteiger partial charge is 0.396 e. The minimum atomic E-state index is -0.148. The van der Waals surface area contributed by atoms with E-state index < -0.39 is 0 Å². The lowest BCUT2D eigenvalue weighted by atomic mass is 10.2. The molecule has 0 aromatic carbocycles. The SMILES string of the molecule is C=C(C)C(=O)NCC(C)CO. The molecule has 1 amide bonds. The Morgan fingerprint density at radius 2 is 2.27 bits per heavy atom. The van der Waals surface area contributed by atoms with Gasteiger partial charge in [0.25, 0.3) is 0 Å². The molecule has 0 radical (unpaired) electrons. The van der Waals surface area contributed by atoms with Gasteiger partial charge in [-0.15, -0.1) is 0 Å². The van der Waals surface area contributed by atoms with Gasteiger partial charge < -0.3 is 10.4 Å². The molecule has 2 N–H and O–H groups in total. The Balaban J connectivity index is 3.54. The third kappa shape index (κ3) is 4.56. The molecule has 11 heavy (non-hydrogen) atoms. The van der Waals surface area contributed by atoms with Gasteiger partial charge in [-0.2, -0.15) is 0 Å². The second-order valence-corrected chi connectivity index (χ2v) is 2.78. The van der Waals surface area contributed by atoms with Gasteiger partial charge in [0.15, 0.2) is 0 Å². The normalized spacial score (nSPS) is 12.3. The van der Waals surface area contributed by atoms with Crippen molar-refractivity contribution in [1.82, 2.24) is 5.32 Å². The topological polar surface area (TPSA) is 49.3 Å². The molecule has 0 fully saturated rings. The van der Waals surface area contributed by atoms with E-state index in [0.717, 1.165) is 0 Å². The van der Waals surface area contributed by atoms with Crippen molar-refractivity contribution in [3.8, 4) is 0 Å². The van der Waals surface area contributed by atoms with Gasteiger partial charge in [-0.25, -0.2) is 0 Å². The number of aliphatic hydroxyl groups excluding tert-OH is 1. The summed E-state index contributed by atoms with van der Waals surface area (Å²) in [5.74, 6) is -0.0383. The van der Waals surface area contributed by atoms with Crippen LogP contribution >= 0.6 is 0 Å². The lowest BCUT2D eigenvalue weighted by Crippen LogP contribution is -2.29. The van der Waals surface area contributed by atoms with Crippen molar-refractivity contribution in [3.05, 3.63) is 12.2 Å². The molecule has 3 heteroatoms. The zero-order valence-corrected chi connectivity index (χ0v) is 7.05. The first-order chi connectivity index (χ1) is 5.07. The van der Waals surface area contributed by atoms with E-state index in [-0.39, 0.29) is 18.4 Å². The van der Waals surface area contributed by atoms with Crippen molar-refractivity contribution >= 4 is 5.91 Å². The Morgan fingerprint density at radius 3 is 2.64 bits per heavy atom. The van der Waals surface area contributed by atoms with Crippen LogP contribution in [0.4, 0.5) is 0 Å². The van der Waals surface area contributed by atoms with Crippen LogP contribution in [0, 0.1) is 5.92 Å². The zero-order valence-electron chi connectivity index (χ0n) is 7.05. The lowest BCUT2D eigenvalue weighted by Gasteiger charge is -2.08. The average molecular weight is 157 g/mol. The second-order valence-electron chi connectivity index (χ2n) is 2.78. The van der Waals surface area contributed by atoms with Crippen LogP contribution in [-0.4, -0.2) is 24.2 Å². The van der Waals surface area contributed by atoms with E-state index in [1.807, 2.05) is 6.92 Å². The third-order valence-electron chi connectivity index (χ3n) is 1.31. The van der Waals surface area contributed by atoms with Crippen LogP contribution in [-0.2, 0) is 4.79 Å². The fourth-order valence-corrected chi connectivity index (χ4v) is 0.482. The van der Waals surface area contributed by atoms with Gasteiger partial charge >= 0.3 is 0 Å². The molecule has 0 aliphatic rings. The number of rotatable bonds is 4. The van der Waals surface area contributed by atoms with Crippen molar-refractivity contribution in [3.63, 3.8) is 0 Å². The Labute approximate surface area is 67.1 Å². The Kier molecular flexibility index (Phi) is 4.54. The number of carbonyl (C=O) groups is 1. The van der Waals surface area contributed by atoms with Gasteiger partial charge in [-0.05, 0) is 12.8 Å². The molecule has 0 spiro atoms. The molecule has 0 aliphatic carbocycles. The highest BCUT2D eigenvalue weighted by atomic mass is 16.3. The van der Waals surface area contributed by atoms with Gasteiger partial charge in [0.1, 0.15) is 0 Å². The maximum absolute atomic E-state index is 10.9. The Morgan fingerprint density at radius 1 is 1.73 bits per heavy atom. The van der Waals surface area contributed by atoms with Crippen LogP contribution in [0.5, 0.6) is 0 Å². The highest BCUT2D eigenvalue weighted by molar-refractivity contribution is 5.92. The molecule has 0 heterocycles. The first kappa shape index (κ1) is 10.2. The molecule has 0 aliphatic heterocycles. The van der Waals surface area contributed by atoms with Crippen LogP contribution in [0.25, 0.3) is 0 Å². The average Bonchev–Trinajstić information content (AvgIpc) is 1.99. The smallest absolute Gasteiger partial charge is 0.246 e. The summed E-state index contributed by atoms with van der Waals surface area (Å²) in [7, 11) is 0. The molecule has 1 unspecified atom stereocenters. The molecule has 0 aromatic heterocycles. The van der Waals surface area contributed by atoms with Crippen molar-refractivity contribution < 1.29 is 9.90 Å². The van der Waals surface area contributed by atoms with E-state index in [4.69, 9.17) is 5.11 Å². The molecular weight excluding hydrogens is 142 g/mol. The highest BCUT2D eigenvalue weighted by Crippen LogP contribution is 1.91.